The highest BCUT2D eigenvalue weighted by Crippen LogP contribution is 2.22. The van der Waals surface area contributed by atoms with Crippen molar-refractivity contribution in [1.82, 2.24) is 5.43 Å². The van der Waals surface area contributed by atoms with Crippen LogP contribution < -0.4 is 14.9 Å². The highest BCUT2D eigenvalue weighted by atomic mass is 127. The number of ether oxygens (including phenoxy) is 2. The number of hydrazone groups is 1. The standard InChI is InChI=1S/C22H18ClIN2O3/c1-28-21-12-16(8-11-20(21)24)22(27)26-25-13-15-6-9-18(10-7-15)29-14-17-4-2-3-5-19(17)23/h2-13H,14H2,1H3,(H,26,27)/b25-13-. The molecular weight excluding hydrogens is 503 g/mol. The van der Waals surface area contributed by atoms with Crippen molar-refractivity contribution in [2.45, 2.75) is 6.61 Å². The molecule has 0 saturated heterocycles. The molecule has 0 atom stereocenters. The highest BCUT2D eigenvalue weighted by Gasteiger charge is 2.08. The number of carbonyl (C=O) groups is 1. The van der Waals surface area contributed by atoms with E-state index in [1.165, 1.54) is 0 Å². The quantitative estimate of drug-likeness (QED) is 0.261. The van der Waals surface area contributed by atoms with Gasteiger partial charge in [-0.1, -0.05) is 29.8 Å². The van der Waals surface area contributed by atoms with Gasteiger partial charge in [0.1, 0.15) is 18.1 Å². The Balaban J connectivity index is 1.54. The van der Waals surface area contributed by atoms with Crippen LogP contribution in [0.2, 0.25) is 5.02 Å². The van der Waals surface area contributed by atoms with Crippen LogP contribution in [0.15, 0.2) is 71.8 Å². The summed E-state index contributed by atoms with van der Waals surface area (Å²) >= 11 is 8.28. The fourth-order valence-corrected chi connectivity index (χ4v) is 3.20. The highest BCUT2D eigenvalue weighted by molar-refractivity contribution is 14.1. The number of methoxy groups -OCH3 is 1. The van der Waals surface area contributed by atoms with Gasteiger partial charge in [0.15, 0.2) is 0 Å². The van der Waals surface area contributed by atoms with Gasteiger partial charge in [-0.15, -0.1) is 0 Å². The van der Waals surface area contributed by atoms with Crippen LogP contribution in [0.3, 0.4) is 0 Å². The van der Waals surface area contributed by atoms with Crippen molar-refractivity contribution in [3.8, 4) is 11.5 Å². The maximum Gasteiger partial charge on any atom is 0.271 e. The number of nitrogens with one attached hydrogen (secondary N) is 1. The zero-order valence-corrected chi connectivity index (χ0v) is 18.5. The Kier molecular flexibility index (Phi) is 7.48. The third kappa shape index (κ3) is 5.95. The molecule has 0 bridgehead atoms. The lowest BCUT2D eigenvalue weighted by molar-refractivity contribution is 0.0954. The van der Waals surface area contributed by atoms with E-state index in [4.69, 9.17) is 21.1 Å². The number of carbonyl (C=O) groups excluding carboxylic acids is 1. The van der Waals surface area contributed by atoms with Crippen molar-refractivity contribution >= 4 is 46.3 Å². The van der Waals surface area contributed by atoms with Gasteiger partial charge in [0.2, 0.25) is 0 Å². The smallest absolute Gasteiger partial charge is 0.271 e. The van der Waals surface area contributed by atoms with Gasteiger partial charge in [-0.05, 0) is 76.7 Å². The topological polar surface area (TPSA) is 59.9 Å². The predicted octanol–water partition coefficient (Wildman–Crippen LogP) is 5.30. The lowest BCUT2D eigenvalue weighted by Crippen LogP contribution is -2.17. The fraction of sp³-hybridized carbons (Fsp3) is 0.0909. The third-order valence-electron chi connectivity index (χ3n) is 4.03. The minimum absolute atomic E-state index is 0.310. The van der Waals surface area contributed by atoms with Crippen LogP contribution in [-0.4, -0.2) is 19.2 Å². The van der Waals surface area contributed by atoms with Gasteiger partial charge in [0.05, 0.1) is 16.9 Å². The normalized spacial score (nSPS) is 10.7. The Bertz CT molecular complexity index is 1020. The summed E-state index contributed by atoms with van der Waals surface area (Å²) in [6.45, 7) is 0.392. The second kappa shape index (κ2) is 10.3. The zero-order valence-electron chi connectivity index (χ0n) is 15.6. The second-order valence-corrected chi connectivity index (χ2v) is 7.57. The molecule has 0 heterocycles. The van der Waals surface area contributed by atoms with Crippen LogP contribution in [0.4, 0.5) is 0 Å². The molecule has 148 valence electrons. The summed E-state index contributed by atoms with van der Waals surface area (Å²) in [5, 5.41) is 4.68. The summed E-state index contributed by atoms with van der Waals surface area (Å²) in [6, 6.07) is 20.2. The van der Waals surface area contributed by atoms with Gasteiger partial charge in [-0.3, -0.25) is 4.79 Å². The van der Waals surface area contributed by atoms with E-state index in [1.807, 2.05) is 54.6 Å². The van der Waals surface area contributed by atoms with Crippen LogP contribution >= 0.6 is 34.2 Å². The lowest BCUT2D eigenvalue weighted by atomic mass is 10.2. The van der Waals surface area contributed by atoms with E-state index in [9.17, 15) is 4.79 Å². The number of hydrogen-bond donors (Lipinski definition) is 1. The van der Waals surface area contributed by atoms with Crippen LogP contribution in [0.1, 0.15) is 21.5 Å². The van der Waals surface area contributed by atoms with E-state index in [0.29, 0.717) is 22.9 Å². The van der Waals surface area contributed by atoms with Crippen molar-refractivity contribution in [2.24, 2.45) is 5.10 Å². The number of benzene rings is 3. The van der Waals surface area contributed by atoms with E-state index in [1.54, 1.807) is 25.5 Å². The number of halogens is 2. The van der Waals surface area contributed by atoms with Gasteiger partial charge in [0, 0.05) is 16.1 Å². The van der Waals surface area contributed by atoms with E-state index < -0.39 is 0 Å². The van der Waals surface area contributed by atoms with E-state index >= 15 is 0 Å². The van der Waals surface area contributed by atoms with Crippen LogP contribution in [0, 0.1) is 3.57 Å². The molecule has 3 aromatic rings. The molecule has 0 aliphatic heterocycles. The maximum atomic E-state index is 12.2. The Morgan fingerprint density at radius 2 is 1.90 bits per heavy atom. The first-order valence-corrected chi connectivity index (χ1v) is 10.2. The summed E-state index contributed by atoms with van der Waals surface area (Å²) in [7, 11) is 1.57. The maximum absolute atomic E-state index is 12.2. The summed E-state index contributed by atoms with van der Waals surface area (Å²) in [4.78, 5) is 12.2. The van der Waals surface area contributed by atoms with Crippen molar-refractivity contribution in [1.29, 1.82) is 0 Å². The second-order valence-electron chi connectivity index (χ2n) is 6.00. The first-order valence-electron chi connectivity index (χ1n) is 8.70. The number of rotatable bonds is 7. The first kappa shape index (κ1) is 21.1. The molecule has 29 heavy (non-hydrogen) atoms. The van der Waals surface area contributed by atoms with Crippen molar-refractivity contribution in [2.75, 3.05) is 7.11 Å². The molecule has 0 unspecified atom stereocenters. The molecule has 3 aromatic carbocycles. The van der Waals surface area contributed by atoms with E-state index in [2.05, 4.69) is 33.1 Å². The molecule has 1 N–H and O–H groups in total. The summed E-state index contributed by atoms with van der Waals surface area (Å²) in [5.74, 6) is 1.06. The van der Waals surface area contributed by atoms with E-state index in [0.717, 1.165) is 20.4 Å². The minimum Gasteiger partial charge on any atom is -0.496 e. The van der Waals surface area contributed by atoms with Crippen molar-refractivity contribution < 1.29 is 14.3 Å². The van der Waals surface area contributed by atoms with Crippen LogP contribution in [0.25, 0.3) is 0 Å². The molecule has 0 fully saturated rings. The number of hydrogen-bond acceptors (Lipinski definition) is 4. The number of amides is 1. The van der Waals surface area contributed by atoms with Gasteiger partial charge < -0.3 is 9.47 Å². The van der Waals surface area contributed by atoms with Crippen LogP contribution in [0.5, 0.6) is 11.5 Å². The first-order chi connectivity index (χ1) is 14.1. The van der Waals surface area contributed by atoms with Crippen LogP contribution in [-0.2, 0) is 6.61 Å². The summed E-state index contributed by atoms with van der Waals surface area (Å²) in [5.41, 5.74) is 4.74. The van der Waals surface area contributed by atoms with Crippen molar-refractivity contribution in [3.05, 3.63) is 92.0 Å². The molecule has 0 aromatic heterocycles. The average Bonchev–Trinajstić information content (AvgIpc) is 2.74. The third-order valence-corrected chi connectivity index (χ3v) is 5.29. The Morgan fingerprint density at radius 1 is 1.14 bits per heavy atom. The summed E-state index contributed by atoms with van der Waals surface area (Å²) < 4.78 is 11.9. The lowest BCUT2D eigenvalue weighted by Gasteiger charge is -2.08. The predicted molar refractivity (Wildman–Crippen MR) is 123 cm³/mol. The Hall–Kier alpha value is -2.58. The van der Waals surface area contributed by atoms with Crippen molar-refractivity contribution in [3.63, 3.8) is 0 Å². The zero-order chi connectivity index (χ0) is 20.6. The van der Waals surface area contributed by atoms with Gasteiger partial charge in [0.25, 0.3) is 5.91 Å². The summed E-state index contributed by atoms with van der Waals surface area (Å²) in [6.07, 6.45) is 1.57. The fourth-order valence-electron chi connectivity index (χ4n) is 2.46. The SMILES string of the molecule is COc1cc(C(=O)N/N=C\c2ccc(OCc3ccccc3Cl)cc2)ccc1I. The molecule has 0 saturated carbocycles. The molecule has 0 aliphatic carbocycles. The Morgan fingerprint density at radius 3 is 2.62 bits per heavy atom. The molecule has 0 aliphatic rings. The molecule has 0 radical (unpaired) electrons. The molecular formula is C22H18ClIN2O3. The molecule has 5 nitrogen and oxygen atoms in total. The van der Waals surface area contributed by atoms with Gasteiger partial charge >= 0.3 is 0 Å². The van der Waals surface area contributed by atoms with Gasteiger partial charge in [-0.2, -0.15) is 5.10 Å². The largest absolute Gasteiger partial charge is 0.496 e. The molecule has 7 heteroatoms. The number of nitrogens with zero attached hydrogens (tertiary/aromatic N) is 1. The monoisotopic (exact) mass is 520 g/mol. The molecule has 1 amide bonds. The minimum atomic E-state index is -0.310. The van der Waals surface area contributed by atoms with E-state index in [-0.39, 0.29) is 5.91 Å². The molecule has 0 spiro atoms. The molecule has 3 rings (SSSR count). The van der Waals surface area contributed by atoms with Gasteiger partial charge in [-0.25, -0.2) is 5.43 Å². The Labute approximate surface area is 187 Å². The average molecular weight is 521 g/mol.